The van der Waals surface area contributed by atoms with E-state index in [1.807, 2.05) is 36.4 Å². The first-order valence-corrected chi connectivity index (χ1v) is 19.1. The summed E-state index contributed by atoms with van der Waals surface area (Å²) in [7, 11) is 0. The van der Waals surface area contributed by atoms with Gasteiger partial charge >= 0.3 is 0 Å². The van der Waals surface area contributed by atoms with Gasteiger partial charge in [-0.05, 0) is 54.6 Å². The molecule has 0 saturated carbocycles. The van der Waals surface area contributed by atoms with Crippen LogP contribution in [0.4, 0.5) is 17.1 Å². The van der Waals surface area contributed by atoms with Crippen molar-refractivity contribution in [1.82, 2.24) is 24.1 Å². The van der Waals surface area contributed by atoms with Gasteiger partial charge in [0.05, 0.1) is 22.1 Å². The van der Waals surface area contributed by atoms with Crippen molar-refractivity contribution in [2.75, 3.05) is 4.90 Å². The molecule has 0 radical (unpaired) electrons. The fourth-order valence-corrected chi connectivity index (χ4v) is 8.25. The summed E-state index contributed by atoms with van der Waals surface area (Å²) in [5.74, 6) is 1.80. The summed E-state index contributed by atoms with van der Waals surface area (Å²) in [6, 6.07) is 72.1. The molecule has 0 saturated heterocycles. The van der Waals surface area contributed by atoms with E-state index in [0.29, 0.717) is 17.6 Å². The highest BCUT2D eigenvalue weighted by atomic mass is 15.2. The van der Waals surface area contributed by atoms with E-state index in [4.69, 9.17) is 15.0 Å². The number of benzene rings is 8. The summed E-state index contributed by atoms with van der Waals surface area (Å²) in [6.07, 6.45) is 0. The lowest BCUT2D eigenvalue weighted by molar-refractivity contribution is 0.953. The first-order valence-electron chi connectivity index (χ1n) is 19.1. The third-order valence-corrected chi connectivity index (χ3v) is 10.7. The molecular formula is C51H34N6. The second-order valence-electron chi connectivity index (χ2n) is 14.1. The Bertz CT molecular complexity index is 3130. The number of rotatable bonds is 7. The van der Waals surface area contributed by atoms with Gasteiger partial charge in [0.15, 0.2) is 11.6 Å². The molecular weight excluding hydrogens is 697 g/mol. The number of anilines is 3. The van der Waals surface area contributed by atoms with Crippen molar-refractivity contribution in [3.05, 3.63) is 206 Å². The quantitative estimate of drug-likeness (QED) is 0.164. The SMILES string of the molecule is c1ccc(-c2nc(-c3ccccc3)nc(-n3c4ccccc4c4ccc5c6ccccc6n(-c6cccc(N(c7ccccc7)c7ccccc7)c6)c5c43)n2)cc1. The molecule has 0 amide bonds. The van der Waals surface area contributed by atoms with Crippen molar-refractivity contribution in [2.45, 2.75) is 0 Å². The van der Waals surface area contributed by atoms with Crippen LogP contribution in [-0.4, -0.2) is 24.1 Å². The van der Waals surface area contributed by atoms with Crippen LogP contribution in [0.1, 0.15) is 0 Å². The number of para-hydroxylation sites is 4. The minimum atomic E-state index is 0.561. The van der Waals surface area contributed by atoms with Crippen LogP contribution in [-0.2, 0) is 0 Å². The van der Waals surface area contributed by atoms with Gasteiger partial charge in [-0.3, -0.25) is 4.57 Å². The van der Waals surface area contributed by atoms with Gasteiger partial charge in [-0.1, -0.05) is 152 Å². The first-order chi connectivity index (χ1) is 28.3. The van der Waals surface area contributed by atoms with Gasteiger partial charge in [-0.15, -0.1) is 0 Å². The maximum Gasteiger partial charge on any atom is 0.238 e. The normalized spacial score (nSPS) is 11.5. The third kappa shape index (κ3) is 5.46. The molecule has 8 aromatic carbocycles. The van der Waals surface area contributed by atoms with E-state index >= 15 is 0 Å². The summed E-state index contributed by atoms with van der Waals surface area (Å²) in [5.41, 5.74) is 10.4. The average molecular weight is 731 g/mol. The monoisotopic (exact) mass is 730 g/mol. The first kappa shape index (κ1) is 32.6. The lowest BCUT2D eigenvalue weighted by Crippen LogP contribution is -2.10. The van der Waals surface area contributed by atoms with Gasteiger partial charge in [0.1, 0.15) is 0 Å². The molecule has 0 aliphatic rings. The van der Waals surface area contributed by atoms with Crippen molar-refractivity contribution in [2.24, 2.45) is 0 Å². The Labute approximate surface area is 329 Å². The predicted octanol–water partition coefficient (Wildman–Crippen LogP) is 12.9. The van der Waals surface area contributed by atoms with Crippen LogP contribution in [0.25, 0.3) is 78.0 Å². The predicted molar refractivity (Wildman–Crippen MR) is 234 cm³/mol. The number of nitrogens with zero attached hydrogens (tertiary/aromatic N) is 6. The minimum Gasteiger partial charge on any atom is -0.310 e. The van der Waals surface area contributed by atoms with Crippen LogP contribution in [0.2, 0.25) is 0 Å². The summed E-state index contributed by atoms with van der Waals surface area (Å²) in [6.45, 7) is 0. The maximum atomic E-state index is 5.26. The molecule has 0 bridgehead atoms. The number of fused-ring (bicyclic) bond motifs is 7. The maximum absolute atomic E-state index is 5.26. The van der Waals surface area contributed by atoms with Gasteiger partial charge in [0, 0.05) is 55.4 Å². The Hall–Kier alpha value is -7.83. The van der Waals surface area contributed by atoms with E-state index < -0.39 is 0 Å². The molecule has 0 fully saturated rings. The van der Waals surface area contributed by atoms with E-state index in [1.54, 1.807) is 0 Å². The summed E-state index contributed by atoms with van der Waals surface area (Å²) >= 11 is 0. The van der Waals surface area contributed by atoms with Crippen LogP contribution in [0.15, 0.2) is 206 Å². The van der Waals surface area contributed by atoms with Crippen LogP contribution in [0, 0.1) is 0 Å². The molecule has 6 nitrogen and oxygen atoms in total. The zero-order chi connectivity index (χ0) is 37.7. The zero-order valence-electron chi connectivity index (χ0n) is 30.8. The standard InChI is InChI=1S/C51H34N6/c1-5-18-35(19-6-1)49-52-50(36-20-7-2-8-21-36)54-51(53-49)57-46-31-16-14-29-42(46)44-33-32-43-41-28-13-15-30-45(41)56(47(43)48(44)57)40-27-17-26-39(34-40)55(37-22-9-3-10-23-37)38-24-11-4-12-25-38/h1-34H. The fraction of sp³-hybridized carbons (Fsp3) is 0. The molecule has 268 valence electrons. The Morgan fingerprint density at radius 3 is 1.32 bits per heavy atom. The van der Waals surface area contributed by atoms with Gasteiger partial charge in [-0.25, -0.2) is 4.98 Å². The molecule has 6 heteroatoms. The smallest absolute Gasteiger partial charge is 0.238 e. The summed E-state index contributed by atoms with van der Waals surface area (Å²) in [5, 5.41) is 4.57. The molecule has 0 N–H and O–H groups in total. The average Bonchev–Trinajstić information content (AvgIpc) is 3.81. The van der Waals surface area contributed by atoms with Gasteiger partial charge < -0.3 is 9.47 Å². The zero-order valence-corrected chi connectivity index (χ0v) is 30.8. The topological polar surface area (TPSA) is 51.8 Å². The number of hydrogen-bond donors (Lipinski definition) is 0. The fourth-order valence-electron chi connectivity index (χ4n) is 8.25. The van der Waals surface area contributed by atoms with Crippen molar-refractivity contribution >= 4 is 60.7 Å². The second-order valence-corrected chi connectivity index (χ2v) is 14.1. The number of hydrogen-bond acceptors (Lipinski definition) is 4. The minimum absolute atomic E-state index is 0.561. The molecule has 0 aliphatic heterocycles. The van der Waals surface area contributed by atoms with Gasteiger partial charge in [0.25, 0.3) is 0 Å². The molecule has 0 aliphatic carbocycles. The van der Waals surface area contributed by atoms with Crippen LogP contribution >= 0.6 is 0 Å². The Morgan fingerprint density at radius 1 is 0.333 bits per heavy atom. The van der Waals surface area contributed by atoms with E-state index in [2.05, 4.69) is 184 Å². The number of aromatic nitrogens is 5. The lowest BCUT2D eigenvalue weighted by atomic mass is 10.1. The van der Waals surface area contributed by atoms with Gasteiger partial charge in [0.2, 0.25) is 5.95 Å². The molecule has 3 aromatic heterocycles. The highest BCUT2D eigenvalue weighted by molar-refractivity contribution is 6.23. The van der Waals surface area contributed by atoms with E-state index in [1.165, 1.54) is 5.39 Å². The van der Waals surface area contributed by atoms with E-state index in [9.17, 15) is 0 Å². The van der Waals surface area contributed by atoms with Crippen molar-refractivity contribution in [3.63, 3.8) is 0 Å². The van der Waals surface area contributed by atoms with Crippen LogP contribution in [0.5, 0.6) is 0 Å². The van der Waals surface area contributed by atoms with Crippen molar-refractivity contribution in [3.8, 4) is 34.4 Å². The second kappa shape index (κ2) is 13.5. The molecule has 3 heterocycles. The van der Waals surface area contributed by atoms with Gasteiger partial charge in [-0.2, -0.15) is 9.97 Å². The largest absolute Gasteiger partial charge is 0.310 e. The lowest BCUT2D eigenvalue weighted by Gasteiger charge is -2.26. The van der Waals surface area contributed by atoms with Crippen molar-refractivity contribution < 1.29 is 0 Å². The molecule has 0 unspecified atom stereocenters. The highest BCUT2D eigenvalue weighted by Gasteiger charge is 2.24. The highest BCUT2D eigenvalue weighted by Crippen LogP contribution is 2.43. The third-order valence-electron chi connectivity index (χ3n) is 10.7. The van der Waals surface area contributed by atoms with Crippen LogP contribution < -0.4 is 4.90 Å². The van der Waals surface area contributed by atoms with Crippen molar-refractivity contribution in [1.29, 1.82) is 0 Å². The molecule has 0 spiro atoms. The summed E-state index contributed by atoms with van der Waals surface area (Å²) < 4.78 is 4.66. The Morgan fingerprint density at radius 2 is 0.772 bits per heavy atom. The molecule has 11 aromatic rings. The summed E-state index contributed by atoms with van der Waals surface area (Å²) in [4.78, 5) is 17.9. The Kier molecular flexibility index (Phi) is 7.71. The van der Waals surface area contributed by atoms with E-state index in [0.717, 1.165) is 72.1 Å². The van der Waals surface area contributed by atoms with E-state index in [-0.39, 0.29) is 0 Å². The van der Waals surface area contributed by atoms with Crippen LogP contribution in [0.3, 0.4) is 0 Å². The molecule has 0 atom stereocenters. The Balaban J connectivity index is 1.24. The molecule has 11 rings (SSSR count). The molecule has 57 heavy (non-hydrogen) atoms.